The molecule has 1 amide bonds. The molecule has 3 N–H and O–H groups in total. The summed E-state index contributed by atoms with van der Waals surface area (Å²) >= 11 is 0. The second-order valence-corrected chi connectivity index (χ2v) is 5.68. The Bertz CT molecular complexity index is 214. The van der Waals surface area contributed by atoms with Gasteiger partial charge in [0, 0.05) is 13.0 Å². The topological polar surface area (TPSA) is 55.1 Å². The van der Waals surface area contributed by atoms with E-state index < -0.39 is 0 Å². The van der Waals surface area contributed by atoms with Crippen LogP contribution in [0.15, 0.2) is 0 Å². The van der Waals surface area contributed by atoms with Crippen molar-refractivity contribution in [1.82, 2.24) is 5.32 Å². The Kier molecular flexibility index (Phi) is 7.44. The molecule has 0 heterocycles. The summed E-state index contributed by atoms with van der Waals surface area (Å²) in [6, 6.07) is 0. The van der Waals surface area contributed by atoms with Gasteiger partial charge in [0.2, 0.25) is 5.91 Å². The SMILES string of the molecule is CCC(CC)(CN)NC(=O)CC(C)CC(C)C. The zero-order valence-electron chi connectivity index (χ0n) is 12.2. The largest absolute Gasteiger partial charge is 0.349 e. The van der Waals surface area contributed by atoms with Gasteiger partial charge in [0.25, 0.3) is 0 Å². The molecule has 0 radical (unpaired) electrons. The van der Waals surface area contributed by atoms with Crippen molar-refractivity contribution in [1.29, 1.82) is 0 Å². The van der Waals surface area contributed by atoms with Crippen molar-refractivity contribution in [2.24, 2.45) is 17.6 Å². The van der Waals surface area contributed by atoms with Gasteiger partial charge in [-0.25, -0.2) is 0 Å². The van der Waals surface area contributed by atoms with E-state index in [1.54, 1.807) is 0 Å². The molecule has 0 fully saturated rings. The second-order valence-electron chi connectivity index (χ2n) is 5.68. The lowest BCUT2D eigenvalue weighted by Gasteiger charge is -2.32. The van der Waals surface area contributed by atoms with Gasteiger partial charge in [0.05, 0.1) is 5.54 Å². The number of carbonyl (C=O) groups is 1. The molecule has 0 aliphatic carbocycles. The minimum atomic E-state index is -0.200. The minimum absolute atomic E-state index is 0.146. The maximum absolute atomic E-state index is 12.0. The summed E-state index contributed by atoms with van der Waals surface area (Å²) in [5, 5.41) is 3.12. The third kappa shape index (κ3) is 6.06. The van der Waals surface area contributed by atoms with Crippen molar-refractivity contribution in [2.45, 2.75) is 65.8 Å². The molecule has 3 nitrogen and oxygen atoms in total. The maximum atomic E-state index is 12.0. The first-order valence-corrected chi connectivity index (χ1v) is 6.90. The van der Waals surface area contributed by atoms with Crippen molar-refractivity contribution in [3.05, 3.63) is 0 Å². The second kappa shape index (κ2) is 7.70. The predicted molar refractivity (Wildman–Crippen MR) is 73.7 cm³/mol. The van der Waals surface area contributed by atoms with Crippen LogP contribution in [0.25, 0.3) is 0 Å². The summed E-state index contributed by atoms with van der Waals surface area (Å²) in [7, 11) is 0. The molecule has 0 rings (SSSR count). The molecule has 17 heavy (non-hydrogen) atoms. The first kappa shape index (κ1) is 16.4. The Hall–Kier alpha value is -0.570. The van der Waals surface area contributed by atoms with Crippen LogP contribution in [-0.2, 0) is 4.79 Å². The number of hydrogen-bond donors (Lipinski definition) is 2. The van der Waals surface area contributed by atoms with Gasteiger partial charge in [0.15, 0.2) is 0 Å². The molecule has 0 aromatic carbocycles. The molecule has 0 saturated carbocycles. The van der Waals surface area contributed by atoms with E-state index >= 15 is 0 Å². The van der Waals surface area contributed by atoms with Crippen molar-refractivity contribution in [2.75, 3.05) is 6.54 Å². The third-order valence-electron chi connectivity index (χ3n) is 3.56. The number of rotatable bonds is 8. The lowest BCUT2D eigenvalue weighted by atomic mass is 9.91. The molecule has 3 heteroatoms. The van der Waals surface area contributed by atoms with E-state index in [1.165, 1.54) is 0 Å². The van der Waals surface area contributed by atoms with E-state index in [2.05, 4.69) is 39.9 Å². The van der Waals surface area contributed by atoms with Gasteiger partial charge in [-0.2, -0.15) is 0 Å². The number of nitrogens with one attached hydrogen (secondary N) is 1. The molecule has 0 aromatic rings. The number of carbonyl (C=O) groups excluding carboxylic acids is 1. The Morgan fingerprint density at radius 3 is 2.12 bits per heavy atom. The van der Waals surface area contributed by atoms with E-state index in [0.29, 0.717) is 24.8 Å². The van der Waals surface area contributed by atoms with Gasteiger partial charge < -0.3 is 11.1 Å². The Morgan fingerprint density at radius 2 is 1.76 bits per heavy atom. The molecular formula is C14H30N2O. The average molecular weight is 242 g/mol. The highest BCUT2D eigenvalue weighted by Crippen LogP contribution is 2.17. The predicted octanol–water partition coefficient (Wildman–Crippen LogP) is 2.69. The highest BCUT2D eigenvalue weighted by molar-refractivity contribution is 5.77. The summed E-state index contributed by atoms with van der Waals surface area (Å²) in [4.78, 5) is 12.0. The third-order valence-corrected chi connectivity index (χ3v) is 3.56. The standard InChI is InChI=1S/C14H30N2O/c1-6-14(7-2,10-15)16-13(17)9-12(5)8-11(3)4/h11-12H,6-10,15H2,1-5H3,(H,16,17). The summed E-state index contributed by atoms with van der Waals surface area (Å²) in [5.74, 6) is 1.24. The van der Waals surface area contributed by atoms with Crippen LogP contribution in [0.3, 0.4) is 0 Å². The molecule has 0 saturated heterocycles. The molecule has 102 valence electrons. The van der Waals surface area contributed by atoms with Crippen LogP contribution in [0, 0.1) is 11.8 Å². The molecule has 0 spiro atoms. The molecular weight excluding hydrogens is 212 g/mol. The normalized spacial score (nSPS) is 13.8. The van der Waals surface area contributed by atoms with Crippen LogP contribution in [0.4, 0.5) is 0 Å². The summed E-state index contributed by atoms with van der Waals surface area (Å²) < 4.78 is 0. The van der Waals surface area contributed by atoms with Crippen LogP contribution in [0.2, 0.25) is 0 Å². The van der Waals surface area contributed by atoms with E-state index in [4.69, 9.17) is 5.73 Å². The molecule has 0 aliphatic rings. The Balaban J connectivity index is 4.24. The number of amides is 1. The van der Waals surface area contributed by atoms with Crippen LogP contribution in [-0.4, -0.2) is 18.0 Å². The molecule has 0 bridgehead atoms. The summed E-state index contributed by atoms with van der Waals surface area (Å²) in [5.41, 5.74) is 5.57. The number of nitrogens with two attached hydrogens (primary N) is 1. The van der Waals surface area contributed by atoms with Crippen molar-refractivity contribution >= 4 is 5.91 Å². The van der Waals surface area contributed by atoms with E-state index in [9.17, 15) is 4.79 Å². The van der Waals surface area contributed by atoms with Gasteiger partial charge in [-0.3, -0.25) is 4.79 Å². The highest BCUT2D eigenvalue weighted by Gasteiger charge is 2.26. The van der Waals surface area contributed by atoms with E-state index in [1.807, 2.05) is 0 Å². The maximum Gasteiger partial charge on any atom is 0.220 e. The average Bonchev–Trinajstić information content (AvgIpc) is 2.24. The van der Waals surface area contributed by atoms with Gasteiger partial charge in [-0.05, 0) is 31.1 Å². The molecule has 1 atom stereocenters. The Labute approximate surface area is 107 Å². The Morgan fingerprint density at radius 1 is 1.24 bits per heavy atom. The van der Waals surface area contributed by atoms with Crippen molar-refractivity contribution in [3.8, 4) is 0 Å². The lowest BCUT2D eigenvalue weighted by molar-refractivity contribution is -0.124. The lowest BCUT2D eigenvalue weighted by Crippen LogP contribution is -2.53. The van der Waals surface area contributed by atoms with Crippen molar-refractivity contribution < 1.29 is 4.79 Å². The van der Waals surface area contributed by atoms with Crippen LogP contribution >= 0.6 is 0 Å². The quantitative estimate of drug-likeness (QED) is 0.687. The fraction of sp³-hybridized carbons (Fsp3) is 0.929. The number of hydrogen-bond acceptors (Lipinski definition) is 2. The fourth-order valence-electron chi connectivity index (χ4n) is 2.32. The van der Waals surface area contributed by atoms with Crippen LogP contribution in [0.1, 0.15) is 60.3 Å². The zero-order valence-corrected chi connectivity index (χ0v) is 12.2. The van der Waals surface area contributed by atoms with Crippen molar-refractivity contribution in [3.63, 3.8) is 0 Å². The fourth-order valence-corrected chi connectivity index (χ4v) is 2.32. The monoisotopic (exact) mass is 242 g/mol. The molecule has 1 unspecified atom stereocenters. The molecule has 0 aromatic heterocycles. The van der Waals surface area contributed by atoms with Gasteiger partial charge in [-0.1, -0.05) is 34.6 Å². The first-order chi connectivity index (χ1) is 7.89. The molecule has 0 aliphatic heterocycles. The minimum Gasteiger partial charge on any atom is -0.349 e. The van der Waals surface area contributed by atoms with Gasteiger partial charge in [0.1, 0.15) is 0 Å². The van der Waals surface area contributed by atoms with E-state index in [0.717, 1.165) is 19.3 Å². The van der Waals surface area contributed by atoms with E-state index in [-0.39, 0.29) is 11.4 Å². The summed E-state index contributed by atoms with van der Waals surface area (Å²) in [6.45, 7) is 11.2. The highest BCUT2D eigenvalue weighted by atomic mass is 16.1. The van der Waals surface area contributed by atoms with Crippen LogP contribution < -0.4 is 11.1 Å². The summed E-state index contributed by atoms with van der Waals surface area (Å²) in [6.07, 6.45) is 3.50. The first-order valence-electron chi connectivity index (χ1n) is 6.90. The zero-order chi connectivity index (χ0) is 13.5. The van der Waals surface area contributed by atoms with Crippen LogP contribution in [0.5, 0.6) is 0 Å². The smallest absolute Gasteiger partial charge is 0.220 e. The van der Waals surface area contributed by atoms with Gasteiger partial charge >= 0.3 is 0 Å². The van der Waals surface area contributed by atoms with Gasteiger partial charge in [-0.15, -0.1) is 0 Å².